The highest BCUT2D eigenvalue weighted by molar-refractivity contribution is 5.92. The second-order valence-electron chi connectivity index (χ2n) is 7.59. The fourth-order valence-electron chi connectivity index (χ4n) is 3.87. The molecule has 0 spiro atoms. The highest BCUT2D eigenvalue weighted by atomic mass is 19.4. The molecule has 2 fully saturated rings. The Morgan fingerprint density at radius 2 is 1.79 bits per heavy atom. The topological polar surface area (TPSA) is 55.1 Å². The fourth-order valence-corrected chi connectivity index (χ4v) is 3.87. The predicted molar refractivity (Wildman–Crippen MR) is 97.2 cm³/mol. The van der Waals surface area contributed by atoms with Crippen molar-refractivity contribution in [2.24, 2.45) is 0 Å². The predicted octanol–water partition coefficient (Wildman–Crippen LogP) is 4.90. The second kappa shape index (κ2) is 6.46. The number of anilines is 1. The van der Waals surface area contributed by atoms with E-state index >= 15 is 0 Å². The molecule has 0 N–H and O–H groups in total. The maximum absolute atomic E-state index is 13.0. The lowest BCUT2D eigenvalue weighted by Gasteiger charge is -2.33. The zero-order valence-corrected chi connectivity index (χ0v) is 15.1. The molecule has 0 bridgehead atoms. The monoisotopic (exact) mass is 388 g/mol. The number of hydrogen-bond acceptors (Lipinski definition) is 5. The van der Waals surface area contributed by atoms with E-state index in [4.69, 9.17) is 4.52 Å². The van der Waals surface area contributed by atoms with Gasteiger partial charge in [-0.05, 0) is 43.9 Å². The number of pyridine rings is 1. The normalized spacial score (nSPS) is 18.8. The molecule has 1 aliphatic carbocycles. The average Bonchev–Trinajstić information content (AvgIpc) is 3.43. The number of benzene rings is 1. The van der Waals surface area contributed by atoms with Gasteiger partial charge in [0.05, 0.1) is 11.1 Å². The van der Waals surface area contributed by atoms with Gasteiger partial charge in [-0.3, -0.25) is 4.98 Å². The maximum Gasteiger partial charge on any atom is 0.416 e. The smallest absolute Gasteiger partial charge is 0.371 e. The summed E-state index contributed by atoms with van der Waals surface area (Å²) in [6, 6.07) is 5.63. The van der Waals surface area contributed by atoms with Gasteiger partial charge in [-0.25, -0.2) is 0 Å². The summed E-state index contributed by atoms with van der Waals surface area (Å²) in [7, 11) is 0. The summed E-state index contributed by atoms with van der Waals surface area (Å²) < 4.78 is 44.3. The molecular formula is C20H19F3N4O. The first-order valence-electron chi connectivity index (χ1n) is 9.53. The van der Waals surface area contributed by atoms with E-state index in [-0.39, 0.29) is 5.92 Å². The van der Waals surface area contributed by atoms with Gasteiger partial charge in [0.15, 0.2) is 5.82 Å². The molecule has 0 radical (unpaired) electrons. The molecule has 1 saturated carbocycles. The van der Waals surface area contributed by atoms with Crippen LogP contribution < -0.4 is 4.90 Å². The van der Waals surface area contributed by atoms with E-state index in [1.165, 1.54) is 6.07 Å². The standard InChI is InChI=1S/C20H19F3N4O/c21-20(22,23)14-3-4-15-16(11-14)24-8-5-17(15)27-9-6-12(7-10-27)18-25-19(28-26-18)13-1-2-13/h3-5,8,11-13H,1-2,6-7,9-10H2. The third kappa shape index (κ3) is 3.21. The van der Waals surface area contributed by atoms with Gasteiger partial charge in [-0.15, -0.1) is 0 Å². The van der Waals surface area contributed by atoms with Crippen LogP contribution in [0.25, 0.3) is 10.9 Å². The molecular weight excluding hydrogens is 369 g/mol. The molecule has 1 aromatic carbocycles. The van der Waals surface area contributed by atoms with E-state index in [0.29, 0.717) is 11.4 Å². The van der Waals surface area contributed by atoms with Gasteiger partial charge in [0, 0.05) is 42.2 Å². The third-order valence-corrected chi connectivity index (χ3v) is 5.63. The van der Waals surface area contributed by atoms with E-state index < -0.39 is 11.7 Å². The van der Waals surface area contributed by atoms with E-state index in [0.717, 1.165) is 73.7 Å². The van der Waals surface area contributed by atoms with Crippen LogP contribution in [0.15, 0.2) is 35.0 Å². The molecule has 3 heterocycles. The minimum absolute atomic E-state index is 0.262. The SMILES string of the molecule is FC(F)(F)c1ccc2c(N3CCC(c4noc(C5CC5)n4)CC3)ccnc2c1. The molecule has 28 heavy (non-hydrogen) atoms. The molecule has 0 unspecified atom stereocenters. The molecule has 3 aromatic rings. The van der Waals surface area contributed by atoms with Gasteiger partial charge in [0.2, 0.25) is 5.89 Å². The fraction of sp³-hybridized carbons (Fsp3) is 0.450. The number of rotatable bonds is 3. The van der Waals surface area contributed by atoms with Crippen molar-refractivity contribution in [3.8, 4) is 0 Å². The Kier molecular flexibility index (Phi) is 4.03. The van der Waals surface area contributed by atoms with Crippen LogP contribution in [-0.4, -0.2) is 28.2 Å². The molecule has 0 amide bonds. The molecule has 5 rings (SSSR count). The first-order valence-corrected chi connectivity index (χ1v) is 9.53. The lowest BCUT2D eigenvalue weighted by molar-refractivity contribution is -0.137. The quantitative estimate of drug-likeness (QED) is 0.639. The zero-order valence-electron chi connectivity index (χ0n) is 15.1. The Hall–Kier alpha value is -2.64. The number of piperidine rings is 1. The first kappa shape index (κ1) is 17.5. The van der Waals surface area contributed by atoms with Gasteiger partial charge in [0.1, 0.15) is 0 Å². The Morgan fingerprint density at radius 1 is 1.00 bits per heavy atom. The third-order valence-electron chi connectivity index (χ3n) is 5.63. The highest BCUT2D eigenvalue weighted by Gasteiger charge is 2.33. The van der Waals surface area contributed by atoms with Gasteiger partial charge in [-0.1, -0.05) is 11.2 Å². The summed E-state index contributed by atoms with van der Waals surface area (Å²) in [6.45, 7) is 1.58. The number of halogens is 3. The molecule has 5 nitrogen and oxygen atoms in total. The average molecular weight is 388 g/mol. The Balaban J connectivity index is 1.34. The van der Waals surface area contributed by atoms with Crippen LogP contribution in [0.4, 0.5) is 18.9 Å². The van der Waals surface area contributed by atoms with E-state index in [1.54, 1.807) is 6.20 Å². The highest BCUT2D eigenvalue weighted by Crippen LogP contribution is 2.40. The van der Waals surface area contributed by atoms with Crippen molar-refractivity contribution in [2.45, 2.75) is 43.7 Å². The summed E-state index contributed by atoms with van der Waals surface area (Å²) in [5.74, 6) is 2.26. The summed E-state index contributed by atoms with van der Waals surface area (Å²) >= 11 is 0. The van der Waals surface area contributed by atoms with Crippen LogP contribution in [0.5, 0.6) is 0 Å². The van der Waals surface area contributed by atoms with Crippen molar-refractivity contribution in [2.75, 3.05) is 18.0 Å². The Bertz CT molecular complexity index is 1000. The Labute approximate surface area is 159 Å². The Morgan fingerprint density at radius 3 is 2.50 bits per heavy atom. The maximum atomic E-state index is 13.0. The number of fused-ring (bicyclic) bond motifs is 1. The number of aromatic nitrogens is 3. The lowest BCUT2D eigenvalue weighted by atomic mass is 9.95. The molecule has 0 atom stereocenters. The summed E-state index contributed by atoms with van der Waals surface area (Å²) in [4.78, 5) is 10.9. The molecule has 2 aliphatic rings. The number of nitrogens with zero attached hydrogens (tertiary/aromatic N) is 4. The molecule has 1 aliphatic heterocycles. The van der Waals surface area contributed by atoms with E-state index in [1.807, 2.05) is 6.07 Å². The number of alkyl halides is 3. The molecule has 1 saturated heterocycles. The summed E-state index contributed by atoms with van der Waals surface area (Å²) in [6.07, 6.45) is 1.23. The first-order chi connectivity index (χ1) is 13.5. The van der Waals surface area contributed by atoms with E-state index in [2.05, 4.69) is 20.0 Å². The van der Waals surface area contributed by atoms with Gasteiger partial charge in [-0.2, -0.15) is 18.2 Å². The van der Waals surface area contributed by atoms with Crippen molar-refractivity contribution in [3.05, 3.63) is 47.7 Å². The van der Waals surface area contributed by atoms with Crippen LogP contribution in [0, 0.1) is 0 Å². The van der Waals surface area contributed by atoms with Gasteiger partial charge < -0.3 is 9.42 Å². The van der Waals surface area contributed by atoms with Crippen LogP contribution in [0.2, 0.25) is 0 Å². The summed E-state index contributed by atoms with van der Waals surface area (Å²) in [5, 5.41) is 4.90. The lowest BCUT2D eigenvalue weighted by Crippen LogP contribution is -2.33. The van der Waals surface area contributed by atoms with Crippen LogP contribution in [-0.2, 0) is 6.18 Å². The minimum atomic E-state index is -4.37. The van der Waals surface area contributed by atoms with Crippen LogP contribution in [0.1, 0.15) is 54.8 Å². The molecule has 8 heteroatoms. The molecule has 2 aromatic heterocycles. The second-order valence-corrected chi connectivity index (χ2v) is 7.59. The van der Waals surface area contributed by atoms with E-state index in [9.17, 15) is 13.2 Å². The molecule has 146 valence electrons. The van der Waals surface area contributed by atoms with Gasteiger partial charge >= 0.3 is 6.18 Å². The zero-order chi connectivity index (χ0) is 19.3. The summed E-state index contributed by atoms with van der Waals surface area (Å²) in [5.41, 5.74) is 0.609. The largest absolute Gasteiger partial charge is 0.416 e. The van der Waals surface area contributed by atoms with Crippen molar-refractivity contribution >= 4 is 16.6 Å². The van der Waals surface area contributed by atoms with Crippen molar-refractivity contribution in [1.82, 2.24) is 15.1 Å². The van der Waals surface area contributed by atoms with Crippen LogP contribution in [0.3, 0.4) is 0 Å². The van der Waals surface area contributed by atoms with Crippen molar-refractivity contribution in [1.29, 1.82) is 0 Å². The number of hydrogen-bond donors (Lipinski definition) is 0. The van der Waals surface area contributed by atoms with Gasteiger partial charge in [0.25, 0.3) is 0 Å². The van der Waals surface area contributed by atoms with Crippen LogP contribution >= 0.6 is 0 Å². The van der Waals surface area contributed by atoms with Crippen molar-refractivity contribution in [3.63, 3.8) is 0 Å². The van der Waals surface area contributed by atoms with Crippen molar-refractivity contribution < 1.29 is 17.7 Å². The minimum Gasteiger partial charge on any atom is -0.371 e.